The lowest BCUT2D eigenvalue weighted by Crippen LogP contribution is -2.17. The van der Waals surface area contributed by atoms with Crippen molar-refractivity contribution in [1.82, 2.24) is 14.8 Å². The number of pyridine rings is 1. The number of carboxylic acids is 1. The average molecular weight is 397 g/mol. The van der Waals surface area contributed by atoms with Crippen LogP contribution in [0.5, 0.6) is 0 Å². The van der Waals surface area contributed by atoms with Gasteiger partial charge in [0.1, 0.15) is 5.69 Å². The Morgan fingerprint density at radius 2 is 2.00 bits per heavy atom. The predicted octanol–water partition coefficient (Wildman–Crippen LogP) is 3.29. The molecule has 0 atom stereocenters. The molecule has 0 unspecified atom stereocenters. The van der Waals surface area contributed by atoms with Crippen molar-refractivity contribution in [2.45, 2.75) is 19.4 Å². The summed E-state index contributed by atoms with van der Waals surface area (Å²) in [6, 6.07) is 12.0. The highest BCUT2D eigenvalue weighted by Gasteiger charge is 2.28. The fourth-order valence-electron chi connectivity index (χ4n) is 3.49. The summed E-state index contributed by atoms with van der Waals surface area (Å²) in [7, 11) is 0. The number of rotatable bonds is 5. The number of hydrogen-bond acceptors (Lipinski definition) is 4. The molecule has 1 aliphatic rings. The maximum absolute atomic E-state index is 11.7. The number of nitrogens with zero attached hydrogens (tertiary/aromatic N) is 3. The summed E-state index contributed by atoms with van der Waals surface area (Å²) in [5, 5.41) is 14.2. The lowest BCUT2D eigenvalue weighted by molar-refractivity contribution is 0.0682. The van der Waals surface area contributed by atoms with Gasteiger partial charge in [0.25, 0.3) is 0 Å². The number of aromatic nitrogens is 3. The van der Waals surface area contributed by atoms with Gasteiger partial charge in [-0.25, -0.2) is 4.79 Å². The van der Waals surface area contributed by atoms with Crippen LogP contribution >= 0.6 is 12.4 Å². The van der Waals surface area contributed by atoms with Gasteiger partial charge in [0, 0.05) is 23.9 Å². The molecule has 0 spiro atoms. The molecule has 0 amide bonds. The van der Waals surface area contributed by atoms with Crippen LogP contribution in [-0.2, 0) is 19.4 Å². The molecular weight excluding hydrogens is 376 g/mol. The van der Waals surface area contributed by atoms with E-state index < -0.39 is 5.97 Å². The van der Waals surface area contributed by atoms with E-state index in [1.54, 1.807) is 0 Å². The first-order valence-electron chi connectivity index (χ1n) is 8.93. The van der Waals surface area contributed by atoms with Crippen molar-refractivity contribution in [2.24, 2.45) is 5.73 Å². The zero-order valence-corrected chi connectivity index (χ0v) is 16.0. The van der Waals surface area contributed by atoms with Crippen molar-refractivity contribution in [1.29, 1.82) is 0 Å². The SMILES string of the molecule is Cl.NCCn1nc2c(c1C(=O)O)CCc1cnc(/C=C/c3ccccc3)cc1-2. The molecule has 7 heteroatoms. The Morgan fingerprint density at radius 3 is 2.71 bits per heavy atom. The van der Waals surface area contributed by atoms with E-state index in [9.17, 15) is 9.90 Å². The lowest BCUT2D eigenvalue weighted by Gasteiger charge is -2.15. The van der Waals surface area contributed by atoms with E-state index in [1.807, 2.05) is 54.7 Å². The van der Waals surface area contributed by atoms with Gasteiger partial charge in [-0.05, 0) is 36.1 Å². The van der Waals surface area contributed by atoms with Crippen molar-refractivity contribution in [2.75, 3.05) is 6.54 Å². The Balaban J connectivity index is 0.00000225. The van der Waals surface area contributed by atoms with E-state index in [1.165, 1.54) is 4.68 Å². The van der Waals surface area contributed by atoms with Crippen LogP contribution in [0.2, 0.25) is 0 Å². The molecule has 0 saturated carbocycles. The van der Waals surface area contributed by atoms with E-state index >= 15 is 0 Å². The Morgan fingerprint density at radius 1 is 1.21 bits per heavy atom. The Bertz CT molecular complexity index is 1030. The quantitative estimate of drug-likeness (QED) is 0.690. The molecule has 2 heterocycles. The minimum absolute atomic E-state index is 0. The van der Waals surface area contributed by atoms with Gasteiger partial charge in [-0.1, -0.05) is 36.4 Å². The number of halogens is 1. The molecule has 6 nitrogen and oxygen atoms in total. The van der Waals surface area contributed by atoms with Crippen LogP contribution in [0.25, 0.3) is 23.4 Å². The zero-order chi connectivity index (χ0) is 18.8. The van der Waals surface area contributed by atoms with Crippen molar-refractivity contribution in [3.8, 4) is 11.3 Å². The standard InChI is InChI=1S/C21H20N4O2.ClH/c22-10-11-25-20(21(26)27)17-9-7-15-13-23-16(12-18(15)19(17)24-25)8-6-14-4-2-1-3-5-14;/h1-6,8,12-13H,7,9-11,22H2,(H,26,27);1H/b8-6+;. The molecule has 0 fully saturated rings. The fraction of sp³-hybridized carbons (Fsp3) is 0.190. The topological polar surface area (TPSA) is 94.0 Å². The van der Waals surface area contributed by atoms with Gasteiger partial charge < -0.3 is 10.8 Å². The van der Waals surface area contributed by atoms with Crippen LogP contribution in [0, 0.1) is 0 Å². The summed E-state index contributed by atoms with van der Waals surface area (Å²) in [4.78, 5) is 16.3. The number of aromatic carboxylic acids is 1. The van der Waals surface area contributed by atoms with E-state index in [0.717, 1.165) is 40.1 Å². The summed E-state index contributed by atoms with van der Waals surface area (Å²) < 4.78 is 1.52. The third-order valence-electron chi connectivity index (χ3n) is 4.75. The Kier molecular flexibility index (Phi) is 5.92. The van der Waals surface area contributed by atoms with Crippen molar-refractivity contribution < 1.29 is 9.90 Å². The van der Waals surface area contributed by atoms with Crippen molar-refractivity contribution in [3.05, 3.63) is 70.7 Å². The molecule has 28 heavy (non-hydrogen) atoms. The third-order valence-corrected chi connectivity index (χ3v) is 4.75. The van der Waals surface area contributed by atoms with Gasteiger partial charge in [-0.2, -0.15) is 5.10 Å². The van der Waals surface area contributed by atoms with Crippen molar-refractivity contribution >= 4 is 30.5 Å². The number of nitrogens with two attached hydrogens (primary N) is 1. The second-order valence-corrected chi connectivity index (χ2v) is 6.50. The monoisotopic (exact) mass is 396 g/mol. The molecule has 2 aromatic heterocycles. The predicted molar refractivity (Wildman–Crippen MR) is 111 cm³/mol. The smallest absolute Gasteiger partial charge is 0.354 e. The van der Waals surface area contributed by atoms with E-state index in [4.69, 9.17) is 5.73 Å². The van der Waals surface area contributed by atoms with E-state index in [0.29, 0.717) is 19.5 Å². The van der Waals surface area contributed by atoms with Gasteiger partial charge >= 0.3 is 5.97 Å². The minimum Gasteiger partial charge on any atom is -0.477 e. The molecule has 4 rings (SSSR count). The Hall–Kier alpha value is -2.96. The first-order chi connectivity index (χ1) is 13.2. The first-order valence-corrected chi connectivity index (χ1v) is 8.93. The average Bonchev–Trinajstić information content (AvgIpc) is 3.06. The zero-order valence-electron chi connectivity index (χ0n) is 15.2. The highest BCUT2D eigenvalue weighted by molar-refractivity contribution is 5.91. The molecule has 0 bridgehead atoms. The fourth-order valence-corrected chi connectivity index (χ4v) is 3.49. The first kappa shape index (κ1) is 19.8. The molecule has 3 N–H and O–H groups in total. The van der Waals surface area contributed by atoms with Gasteiger partial charge in [0.15, 0.2) is 0 Å². The number of carbonyl (C=O) groups is 1. The lowest BCUT2D eigenvalue weighted by atomic mass is 9.89. The third kappa shape index (κ3) is 3.69. The summed E-state index contributed by atoms with van der Waals surface area (Å²) in [6.45, 7) is 0.727. The molecule has 0 aliphatic heterocycles. The molecule has 144 valence electrons. The van der Waals surface area contributed by atoms with Crippen LogP contribution in [0.1, 0.15) is 32.9 Å². The number of aryl methyl sites for hydroxylation is 1. The number of benzene rings is 1. The van der Waals surface area contributed by atoms with Gasteiger partial charge in [0.2, 0.25) is 0 Å². The van der Waals surface area contributed by atoms with Gasteiger partial charge in [0.05, 0.1) is 17.9 Å². The second-order valence-electron chi connectivity index (χ2n) is 6.50. The van der Waals surface area contributed by atoms with Crippen LogP contribution in [0.15, 0.2) is 42.6 Å². The van der Waals surface area contributed by atoms with E-state index in [2.05, 4.69) is 10.1 Å². The summed E-state index contributed by atoms with van der Waals surface area (Å²) in [6.07, 6.45) is 7.24. The van der Waals surface area contributed by atoms with Crippen molar-refractivity contribution in [3.63, 3.8) is 0 Å². The second kappa shape index (κ2) is 8.37. The highest BCUT2D eigenvalue weighted by atomic mass is 35.5. The van der Waals surface area contributed by atoms with Gasteiger partial charge in [-0.15, -0.1) is 12.4 Å². The maximum atomic E-state index is 11.7. The number of fused-ring (bicyclic) bond motifs is 3. The molecule has 1 aromatic carbocycles. The van der Waals surface area contributed by atoms with Crippen LogP contribution in [0.4, 0.5) is 0 Å². The largest absolute Gasteiger partial charge is 0.477 e. The normalized spacial score (nSPS) is 12.3. The van der Waals surface area contributed by atoms with Gasteiger partial charge in [-0.3, -0.25) is 9.67 Å². The summed E-state index contributed by atoms with van der Waals surface area (Å²) in [5.74, 6) is -0.959. The number of hydrogen-bond donors (Lipinski definition) is 2. The summed E-state index contributed by atoms with van der Waals surface area (Å²) >= 11 is 0. The highest BCUT2D eigenvalue weighted by Crippen LogP contribution is 2.35. The van der Waals surface area contributed by atoms with Crippen LogP contribution < -0.4 is 5.73 Å². The summed E-state index contributed by atoms with van der Waals surface area (Å²) in [5.41, 5.74) is 11.4. The van der Waals surface area contributed by atoms with Crippen LogP contribution in [0.3, 0.4) is 0 Å². The molecule has 1 aliphatic carbocycles. The maximum Gasteiger partial charge on any atom is 0.354 e. The van der Waals surface area contributed by atoms with Crippen LogP contribution in [-0.4, -0.2) is 32.4 Å². The van der Waals surface area contributed by atoms with E-state index in [-0.39, 0.29) is 18.1 Å². The Labute approximate surface area is 169 Å². The minimum atomic E-state index is -0.959. The molecular formula is C21H21ClN4O2. The molecule has 0 saturated heterocycles. The molecule has 0 radical (unpaired) electrons. The molecule has 3 aromatic rings. The number of carboxylic acid groups (broad SMARTS) is 1.